The first-order valence-corrected chi connectivity index (χ1v) is 12.4. The van der Waals surface area contributed by atoms with Crippen LogP contribution in [0.25, 0.3) is 16.6 Å². The van der Waals surface area contributed by atoms with Gasteiger partial charge in [-0.1, -0.05) is 30.4 Å². The second-order valence-electron chi connectivity index (χ2n) is 9.47. The number of aromatic nitrogens is 2. The molecule has 0 saturated carbocycles. The maximum absolute atomic E-state index is 14.1. The predicted molar refractivity (Wildman–Crippen MR) is 137 cm³/mol. The monoisotopic (exact) mass is 513 g/mol. The minimum atomic E-state index is -0.512. The summed E-state index contributed by atoms with van der Waals surface area (Å²) in [7, 11) is 0. The van der Waals surface area contributed by atoms with Crippen LogP contribution in [0.2, 0.25) is 0 Å². The molecule has 0 bridgehead atoms. The van der Waals surface area contributed by atoms with Gasteiger partial charge in [0.05, 0.1) is 30.3 Å². The predicted octanol–water partition coefficient (Wildman–Crippen LogP) is 4.40. The molecule has 1 aliphatic carbocycles. The number of hydrogen-bond donors (Lipinski definition) is 2. The zero-order chi connectivity index (χ0) is 26.2. The molecule has 0 spiro atoms. The van der Waals surface area contributed by atoms with Crippen LogP contribution in [0.15, 0.2) is 76.5 Å². The van der Waals surface area contributed by atoms with Gasteiger partial charge in [-0.15, -0.1) is 10.2 Å². The number of aliphatic hydroxyl groups excluding tert-OH is 1. The Hall–Kier alpha value is -4.28. The van der Waals surface area contributed by atoms with Gasteiger partial charge in [0.2, 0.25) is 0 Å². The fourth-order valence-electron chi connectivity index (χ4n) is 5.06. The molecule has 192 valence electrons. The molecule has 1 saturated heterocycles. The number of carbonyl (C=O) groups excluding carboxylic acids is 2. The van der Waals surface area contributed by atoms with Gasteiger partial charge in [0.1, 0.15) is 5.82 Å². The first-order chi connectivity index (χ1) is 18.5. The van der Waals surface area contributed by atoms with Crippen molar-refractivity contribution >= 4 is 34.1 Å². The lowest BCUT2D eigenvalue weighted by Gasteiger charge is -2.21. The van der Waals surface area contributed by atoms with Gasteiger partial charge in [-0.2, -0.15) is 5.10 Å². The number of nitrogens with zero attached hydrogens (tertiary/aromatic N) is 4. The molecule has 38 heavy (non-hydrogen) atoms. The Kier molecular flexibility index (Phi) is 6.26. The van der Waals surface area contributed by atoms with Crippen molar-refractivity contribution in [3.63, 3.8) is 0 Å². The number of fused-ring (bicyclic) bond motifs is 2. The number of amides is 2. The van der Waals surface area contributed by atoms with Crippen molar-refractivity contribution in [3.8, 4) is 0 Å². The summed E-state index contributed by atoms with van der Waals surface area (Å²) in [6.45, 7) is 1.49. The van der Waals surface area contributed by atoms with E-state index in [1.165, 1.54) is 12.1 Å². The summed E-state index contributed by atoms with van der Waals surface area (Å²) in [5, 5.41) is 25.9. The molecule has 6 rings (SSSR count). The summed E-state index contributed by atoms with van der Waals surface area (Å²) in [5.74, 6) is -1.47. The second kappa shape index (κ2) is 9.88. The molecule has 3 heterocycles. The number of azo groups is 1. The van der Waals surface area contributed by atoms with Crippen molar-refractivity contribution in [2.24, 2.45) is 22.1 Å². The maximum Gasteiger partial charge on any atom is 0.276 e. The van der Waals surface area contributed by atoms with Gasteiger partial charge < -0.3 is 15.2 Å². The normalized spacial score (nSPS) is 20.4. The standard InChI is InChI=1S/C28H24FN5O4/c29-18-5-7-23-24(12-18)34(13-16-9-10-38-15-16)33-26(23)28(37)30-19-6-8-20(17(11-19)14-35)25-21-3-1-2-4-22(21)27(36)32-31-25/h1-8,11-12,16,22,35H,9-10,13-15H2,(H,30,37). The van der Waals surface area contributed by atoms with E-state index in [9.17, 15) is 19.1 Å². The van der Waals surface area contributed by atoms with E-state index in [-0.39, 0.29) is 24.1 Å². The third-order valence-corrected chi connectivity index (χ3v) is 6.99. The maximum atomic E-state index is 14.1. The highest BCUT2D eigenvalue weighted by Gasteiger charge is 2.29. The van der Waals surface area contributed by atoms with E-state index in [1.54, 1.807) is 41.1 Å². The quantitative estimate of drug-likeness (QED) is 0.507. The number of hydrogen-bond acceptors (Lipinski definition) is 6. The summed E-state index contributed by atoms with van der Waals surface area (Å²) >= 11 is 0. The van der Waals surface area contributed by atoms with Crippen LogP contribution in [-0.4, -0.2) is 39.9 Å². The number of anilines is 1. The van der Waals surface area contributed by atoms with E-state index in [0.29, 0.717) is 58.7 Å². The van der Waals surface area contributed by atoms with Gasteiger partial charge in [-0.25, -0.2) is 4.39 Å². The third-order valence-electron chi connectivity index (χ3n) is 6.99. The molecule has 0 radical (unpaired) electrons. The SMILES string of the molecule is O=C(Nc1ccc(C2=C3C=CC=CC3C(=O)N=N2)c(CO)c1)c1nn(CC2CCOC2)c2cc(F)ccc12. The number of halogens is 1. The van der Waals surface area contributed by atoms with Gasteiger partial charge in [-0.3, -0.25) is 14.3 Å². The number of rotatable bonds is 6. The molecular weight excluding hydrogens is 489 g/mol. The largest absolute Gasteiger partial charge is 0.392 e. The van der Waals surface area contributed by atoms with Gasteiger partial charge in [0, 0.05) is 35.7 Å². The summed E-state index contributed by atoms with van der Waals surface area (Å²) in [6.07, 6.45) is 8.07. The van der Waals surface area contributed by atoms with Gasteiger partial charge in [-0.05, 0) is 47.9 Å². The Labute approximate surface area is 217 Å². The van der Waals surface area contributed by atoms with E-state index in [0.717, 1.165) is 6.42 Å². The van der Waals surface area contributed by atoms with Crippen LogP contribution in [-0.2, 0) is 22.7 Å². The lowest BCUT2D eigenvalue weighted by Crippen LogP contribution is -2.18. The highest BCUT2D eigenvalue weighted by Crippen LogP contribution is 2.36. The summed E-state index contributed by atoms with van der Waals surface area (Å²) < 4.78 is 21.2. The van der Waals surface area contributed by atoms with Crippen LogP contribution >= 0.6 is 0 Å². The van der Waals surface area contributed by atoms with Crippen LogP contribution in [0, 0.1) is 17.7 Å². The van der Waals surface area contributed by atoms with Crippen molar-refractivity contribution in [2.45, 2.75) is 19.6 Å². The average molecular weight is 514 g/mol. The molecule has 2 unspecified atom stereocenters. The minimum absolute atomic E-state index is 0.181. The number of nitrogens with one attached hydrogen (secondary N) is 1. The lowest BCUT2D eigenvalue weighted by molar-refractivity contribution is -0.119. The molecule has 2 aliphatic heterocycles. The van der Waals surface area contributed by atoms with E-state index >= 15 is 0 Å². The first-order valence-electron chi connectivity index (χ1n) is 12.4. The summed E-state index contributed by atoms with van der Waals surface area (Å²) in [6, 6.07) is 9.32. The van der Waals surface area contributed by atoms with Gasteiger partial charge in [0.15, 0.2) is 5.69 Å². The van der Waals surface area contributed by atoms with Crippen molar-refractivity contribution < 1.29 is 23.8 Å². The van der Waals surface area contributed by atoms with Crippen LogP contribution in [0.5, 0.6) is 0 Å². The Morgan fingerprint density at radius 3 is 2.89 bits per heavy atom. The summed E-state index contributed by atoms with van der Waals surface area (Å²) in [4.78, 5) is 25.5. The molecule has 2 amide bonds. The molecular formula is C28H24FN5O4. The molecule has 2 atom stereocenters. The number of carbonyl (C=O) groups is 2. The molecule has 9 nitrogen and oxygen atoms in total. The Morgan fingerprint density at radius 2 is 2.08 bits per heavy atom. The average Bonchev–Trinajstić information content (AvgIpc) is 3.57. The van der Waals surface area contributed by atoms with E-state index in [4.69, 9.17) is 4.74 Å². The van der Waals surface area contributed by atoms with Crippen molar-refractivity contribution in [3.05, 3.63) is 88.9 Å². The van der Waals surface area contributed by atoms with Gasteiger partial charge >= 0.3 is 0 Å². The number of ether oxygens (including phenoxy) is 1. The van der Waals surface area contributed by atoms with Crippen molar-refractivity contribution in [1.29, 1.82) is 0 Å². The Balaban J connectivity index is 1.31. The van der Waals surface area contributed by atoms with Crippen LogP contribution < -0.4 is 5.32 Å². The molecule has 10 heteroatoms. The van der Waals surface area contributed by atoms with Crippen LogP contribution in [0.4, 0.5) is 10.1 Å². The summed E-state index contributed by atoms with van der Waals surface area (Å²) in [5.41, 5.74) is 3.51. The molecule has 2 N–H and O–H groups in total. The molecule has 3 aliphatic rings. The van der Waals surface area contributed by atoms with Crippen molar-refractivity contribution in [1.82, 2.24) is 9.78 Å². The van der Waals surface area contributed by atoms with Gasteiger partial charge in [0.25, 0.3) is 11.8 Å². The minimum Gasteiger partial charge on any atom is -0.392 e. The Morgan fingerprint density at radius 1 is 1.18 bits per heavy atom. The van der Waals surface area contributed by atoms with E-state index < -0.39 is 17.6 Å². The fraction of sp³-hybridized carbons (Fsp3) is 0.250. The van der Waals surface area contributed by atoms with Crippen LogP contribution in [0.1, 0.15) is 28.0 Å². The zero-order valence-electron chi connectivity index (χ0n) is 20.3. The highest BCUT2D eigenvalue weighted by molar-refractivity contribution is 6.11. The molecule has 2 aromatic carbocycles. The topological polar surface area (TPSA) is 118 Å². The zero-order valence-corrected chi connectivity index (χ0v) is 20.3. The van der Waals surface area contributed by atoms with E-state index in [1.807, 2.05) is 12.2 Å². The lowest BCUT2D eigenvalue weighted by atomic mass is 9.88. The van der Waals surface area contributed by atoms with Crippen molar-refractivity contribution in [2.75, 3.05) is 18.5 Å². The number of benzene rings is 2. The van der Waals surface area contributed by atoms with Crippen LogP contribution in [0.3, 0.4) is 0 Å². The Bertz CT molecular complexity index is 1580. The molecule has 1 aromatic heterocycles. The number of allylic oxidation sites excluding steroid dienone is 3. The third kappa shape index (κ3) is 4.37. The first kappa shape index (κ1) is 24.1. The molecule has 3 aromatic rings. The number of aliphatic hydroxyl groups is 1. The second-order valence-corrected chi connectivity index (χ2v) is 9.47. The molecule has 1 fully saturated rings. The fourth-order valence-corrected chi connectivity index (χ4v) is 5.06. The van der Waals surface area contributed by atoms with E-state index in [2.05, 4.69) is 20.6 Å². The smallest absolute Gasteiger partial charge is 0.276 e. The highest BCUT2D eigenvalue weighted by atomic mass is 19.1.